The van der Waals surface area contributed by atoms with Crippen molar-refractivity contribution in [3.05, 3.63) is 48.5 Å². The second-order valence-corrected chi connectivity index (χ2v) is 9.81. The summed E-state index contributed by atoms with van der Waals surface area (Å²) < 4.78 is 33.2. The summed E-state index contributed by atoms with van der Waals surface area (Å²) in [5, 5.41) is 10.5. The maximum Gasteiger partial charge on any atom is 0.258 e. The Kier molecular flexibility index (Phi) is 8.67. The highest BCUT2D eigenvalue weighted by Gasteiger charge is 2.34. The molecule has 1 amide bonds. The van der Waals surface area contributed by atoms with Crippen molar-refractivity contribution < 1.29 is 27.6 Å². The molecule has 0 saturated carbocycles. The van der Waals surface area contributed by atoms with Crippen molar-refractivity contribution in [1.82, 2.24) is 10.2 Å². The lowest BCUT2D eigenvalue weighted by molar-refractivity contribution is -0.126. The van der Waals surface area contributed by atoms with Crippen LogP contribution in [-0.4, -0.2) is 45.0 Å². The smallest absolute Gasteiger partial charge is 0.258 e. The average Bonchev–Trinajstić information content (AvgIpc) is 3.12. The number of amides is 1. The van der Waals surface area contributed by atoms with Gasteiger partial charge in [0, 0.05) is 17.6 Å². The van der Waals surface area contributed by atoms with Crippen LogP contribution < -0.4 is 20.3 Å². The Morgan fingerprint density at radius 2 is 1.77 bits per heavy atom. The predicted molar refractivity (Wildman–Crippen MR) is 129 cm³/mol. The number of azo groups is 1. The molecule has 1 aliphatic heterocycles. The fraction of sp³-hybridized carbons (Fsp3) is 0.391. The van der Waals surface area contributed by atoms with Crippen LogP contribution in [0.4, 0.5) is 11.4 Å². The van der Waals surface area contributed by atoms with E-state index in [1.807, 2.05) is 20.8 Å². The van der Waals surface area contributed by atoms with Gasteiger partial charge in [0.15, 0.2) is 5.78 Å². The number of benzene rings is 2. The van der Waals surface area contributed by atoms with E-state index in [0.29, 0.717) is 18.0 Å². The summed E-state index contributed by atoms with van der Waals surface area (Å²) in [5.74, 6) is -0.531. The maximum atomic E-state index is 12.6. The molecular formula is C23H29N5O6S. The number of hydroxylamine groups is 1. The van der Waals surface area contributed by atoms with Crippen LogP contribution in [0.1, 0.15) is 27.7 Å². The molecule has 1 aliphatic rings. The molecule has 1 fully saturated rings. The van der Waals surface area contributed by atoms with Crippen LogP contribution in [0.25, 0.3) is 0 Å². The van der Waals surface area contributed by atoms with Gasteiger partial charge in [-0.3, -0.25) is 14.4 Å². The molecule has 4 unspecified atom stereocenters. The predicted octanol–water partition coefficient (Wildman–Crippen LogP) is 2.93. The van der Waals surface area contributed by atoms with Crippen molar-refractivity contribution >= 4 is 33.1 Å². The summed E-state index contributed by atoms with van der Waals surface area (Å²) in [5.41, 5.74) is 3.51. The Labute approximate surface area is 204 Å². The number of hydrogen-bond donors (Lipinski definition) is 3. The molecule has 0 aromatic heterocycles. The number of sulfonamides is 1. The first-order valence-corrected chi connectivity index (χ1v) is 12.6. The zero-order valence-electron chi connectivity index (χ0n) is 19.9. The first-order valence-electron chi connectivity index (χ1n) is 11.1. The average molecular weight is 504 g/mol. The third-order valence-electron chi connectivity index (χ3n) is 5.42. The Hall–Kier alpha value is -3.19. The number of anilines is 1. The second-order valence-electron chi connectivity index (χ2n) is 8.09. The molecule has 2 aromatic rings. The van der Waals surface area contributed by atoms with Crippen molar-refractivity contribution in [2.24, 2.45) is 16.1 Å². The van der Waals surface area contributed by atoms with Gasteiger partial charge in [0.2, 0.25) is 16.1 Å². The van der Waals surface area contributed by atoms with E-state index in [2.05, 4.69) is 25.7 Å². The number of nitrogens with zero attached hydrogens (tertiary/aromatic N) is 2. The van der Waals surface area contributed by atoms with Gasteiger partial charge in [-0.2, -0.15) is 20.4 Å². The molecule has 2 aromatic carbocycles. The maximum absolute atomic E-state index is 12.6. The van der Waals surface area contributed by atoms with Gasteiger partial charge in [0.05, 0.1) is 17.2 Å². The molecule has 11 nitrogen and oxygen atoms in total. The molecular weight excluding hydrogens is 474 g/mol. The Bertz CT molecular complexity index is 1170. The number of carbonyl (C=O) groups excluding carboxylic acids is 2. The molecule has 4 atom stereocenters. The summed E-state index contributed by atoms with van der Waals surface area (Å²) in [6.45, 7) is 7.40. The number of ketones is 1. The van der Waals surface area contributed by atoms with Crippen LogP contribution in [0.15, 0.2) is 63.7 Å². The van der Waals surface area contributed by atoms with Crippen molar-refractivity contribution in [2.75, 3.05) is 11.9 Å². The van der Waals surface area contributed by atoms with E-state index in [0.717, 1.165) is 0 Å². The van der Waals surface area contributed by atoms with Gasteiger partial charge in [-0.05, 0) is 69.3 Å². The second kappa shape index (κ2) is 11.5. The van der Waals surface area contributed by atoms with Crippen LogP contribution in [0.2, 0.25) is 0 Å². The summed E-state index contributed by atoms with van der Waals surface area (Å²) in [6, 6.07) is 10.9. The highest BCUT2D eigenvalue weighted by atomic mass is 32.2. The molecule has 3 rings (SSSR count). The summed E-state index contributed by atoms with van der Waals surface area (Å²) >= 11 is 0. The molecule has 3 N–H and O–H groups in total. The Morgan fingerprint density at radius 1 is 1.11 bits per heavy atom. The third-order valence-corrected chi connectivity index (χ3v) is 6.86. The molecule has 1 saturated heterocycles. The first kappa shape index (κ1) is 26.4. The Morgan fingerprint density at radius 3 is 2.31 bits per heavy atom. The topological polar surface area (TPSA) is 148 Å². The van der Waals surface area contributed by atoms with Gasteiger partial charge in [-0.15, -0.1) is 0 Å². The van der Waals surface area contributed by atoms with Crippen LogP contribution in [-0.2, 0) is 24.4 Å². The molecule has 0 bridgehead atoms. The summed E-state index contributed by atoms with van der Waals surface area (Å²) in [7, 11) is -3.83. The number of nitrogens with one attached hydrogen (secondary N) is 3. The van der Waals surface area contributed by atoms with Gasteiger partial charge in [-0.25, -0.2) is 8.42 Å². The van der Waals surface area contributed by atoms with Crippen LogP contribution >= 0.6 is 0 Å². The number of Topliss-reactive ketones (excluding diaryl/α,β-unsaturated/α-hetero) is 1. The van der Waals surface area contributed by atoms with Gasteiger partial charge < -0.3 is 10.1 Å². The van der Waals surface area contributed by atoms with E-state index < -0.39 is 34.0 Å². The summed E-state index contributed by atoms with van der Waals surface area (Å²) in [4.78, 5) is 29.9. The molecule has 0 radical (unpaired) electrons. The van der Waals surface area contributed by atoms with Crippen LogP contribution in [0.5, 0.6) is 5.75 Å². The van der Waals surface area contributed by atoms with Gasteiger partial charge in [0.1, 0.15) is 12.0 Å². The monoisotopic (exact) mass is 503 g/mol. The first-order chi connectivity index (χ1) is 16.6. The standard InChI is InChI=1S/C23H29N5O6S/c1-5-33-19-10-6-17(7-11-19)24-22(30)21(16(4)29)26-25-18-8-12-20(13-9-18)35(31,32)28-23-14(2)15(3)27-34-23/h6-15,21,23,27-28H,5H2,1-4H3,(H,24,30). The quantitative estimate of drug-likeness (QED) is 0.333. The van der Waals surface area contributed by atoms with Crippen molar-refractivity contribution in [3.8, 4) is 5.75 Å². The minimum atomic E-state index is -3.83. The van der Waals surface area contributed by atoms with Crippen molar-refractivity contribution in [3.63, 3.8) is 0 Å². The fourth-order valence-corrected chi connectivity index (χ4v) is 4.36. The molecule has 12 heteroatoms. The highest BCUT2D eigenvalue weighted by molar-refractivity contribution is 7.89. The van der Waals surface area contributed by atoms with Crippen LogP contribution in [0, 0.1) is 5.92 Å². The molecule has 1 heterocycles. The lowest BCUT2D eigenvalue weighted by Gasteiger charge is -2.16. The molecule has 35 heavy (non-hydrogen) atoms. The van der Waals surface area contributed by atoms with E-state index in [4.69, 9.17) is 9.57 Å². The van der Waals surface area contributed by atoms with Gasteiger partial charge in [-0.1, -0.05) is 6.92 Å². The number of hydrogen-bond acceptors (Lipinski definition) is 9. The zero-order valence-corrected chi connectivity index (χ0v) is 20.7. The highest BCUT2D eigenvalue weighted by Crippen LogP contribution is 2.22. The largest absolute Gasteiger partial charge is 0.494 e. The Balaban J connectivity index is 1.65. The van der Waals surface area contributed by atoms with Crippen molar-refractivity contribution in [1.29, 1.82) is 0 Å². The fourth-order valence-electron chi connectivity index (χ4n) is 3.16. The molecule has 188 valence electrons. The minimum absolute atomic E-state index is 0.00588. The lowest BCUT2D eigenvalue weighted by Crippen LogP contribution is -2.38. The molecule has 0 aliphatic carbocycles. The number of carbonyl (C=O) groups is 2. The van der Waals surface area contributed by atoms with Gasteiger partial charge in [0.25, 0.3) is 5.91 Å². The zero-order chi connectivity index (χ0) is 25.6. The minimum Gasteiger partial charge on any atom is -0.494 e. The summed E-state index contributed by atoms with van der Waals surface area (Å²) in [6.07, 6.45) is -0.695. The van der Waals surface area contributed by atoms with E-state index in [1.54, 1.807) is 24.3 Å². The number of ether oxygens (including phenoxy) is 1. The van der Waals surface area contributed by atoms with E-state index in [9.17, 15) is 18.0 Å². The lowest BCUT2D eigenvalue weighted by atomic mass is 10.1. The normalized spacial score (nSPS) is 21.1. The van der Waals surface area contributed by atoms with Gasteiger partial charge >= 0.3 is 0 Å². The van der Waals surface area contributed by atoms with E-state index >= 15 is 0 Å². The number of rotatable bonds is 10. The molecule has 0 spiro atoms. The SMILES string of the molecule is CCOc1ccc(NC(=O)C(N=Nc2ccc(S(=O)(=O)NC3ONC(C)C3C)cc2)C(C)=O)cc1. The van der Waals surface area contributed by atoms with E-state index in [1.165, 1.54) is 31.2 Å². The van der Waals surface area contributed by atoms with Crippen LogP contribution in [0.3, 0.4) is 0 Å². The third kappa shape index (κ3) is 6.92. The van der Waals surface area contributed by atoms with E-state index in [-0.39, 0.29) is 22.5 Å². The van der Waals surface area contributed by atoms with Crippen molar-refractivity contribution in [2.45, 2.75) is 50.9 Å².